The van der Waals surface area contributed by atoms with Gasteiger partial charge in [-0.05, 0) is 24.6 Å². The van der Waals surface area contributed by atoms with Gasteiger partial charge < -0.3 is 14.6 Å². The van der Waals surface area contributed by atoms with Crippen LogP contribution in [0.25, 0.3) is 6.08 Å². The summed E-state index contributed by atoms with van der Waals surface area (Å²) in [6, 6.07) is 5.31. The van der Waals surface area contributed by atoms with Gasteiger partial charge in [-0.1, -0.05) is 19.6 Å². The number of benzene rings is 1. The number of carbonyl (C=O) groups is 1. The van der Waals surface area contributed by atoms with Crippen LogP contribution in [0.2, 0.25) is 0 Å². The highest BCUT2D eigenvalue weighted by molar-refractivity contribution is 5.86. The van der Waals surface area contributed by atoms with E-state index in [1.807, 2.05) is 6.92 Å². The van der Waals surface area contributed by atoms with Crippen molar-refractivity contribution in [2.45, 2.75) is 13.3 Å². The summed E-state index contributed by atoms with van der Waals surface area (Å²) in [5.74, 6) is 0.278. The molecule has 1 N–H and O–H groups in total. The molecule has 4 nitrogen and oxygen atoms in total. The summed E-state index contributed by atoms with van der Waals surface area (Å²) in [7, 11) is 0. The topological polar surface area (TPSA) is 55.8 Å². The zero-order chi connectivity index (χ0) is 14.1. The molecule has 0 saturated carbocycles. The Hall–Kier alpha value is -2.23. The maximum absolute atomic E-state index is 10.5. The number of rotatable bonds is 8. The van der Waals surface area contributed by atoms with Crippen LogP contribution < -0.4 is 9.47 Å². The largest absolute Gasteiger partial charge is 0.493 e. The Morgan fingerprint density at radius 3 is 2.84 bits per heavy atom. The van der Waals surface area contributed by atoms with Gasteiger partial charge in [0.05, 0.1) is 6.61 Å². The highest BCUT2D eigenvalue weighted by atomic mass is 16.5. The monoisotopic (exact) mass is 262 g/mol. The van der Waals surface area contributed by atoms with E-state index in [1.165, 1.54) is 6.08 Å². The van der Waals surface area contributed by atoms with E-state index in [-0.39, 0.29) is 0 Å². The fraction of sp³-hybridized carbons (Fsp3) is 0.267. The normalized spacial score (nSPS) is 10.4. The highest BCUT2D eigenvalue weighted by Crippen LogP contribution is 2.26. The lowest BCUT2D eigenvalue weighted by molar-refractivity contribution is -0.131. The molecule has 0 unspecified atom stereocenters. The summed E-state index contributed by atoms with van der Waals surface area (Å²) < 4.78 is 11.0. The van der Waals surface area contributed by atoms with Crippen molar-refractivity contribution in [2.75, 3.05) is 13.2 Å². The minimum absolute atomic E-state index is 0.352. The highest BCUT2D eigenvalue weighted by Gasteiger charge is 2.04. The molecule has 0 aliphatic rings. The van der Waals surface area contributed by atoms with Crippen LogP contribution in [0, 0.1) is 0 Å². The molecule has 0 aliphatic carbocycles. The van der Waals surface area contributed by atoms with Gasteiger partial charge in [0.1, 0.15) is 18.1 Å². The van der Waals surface area contributed by atoms with Crippen molar-refractivity contribution >= 4 is 12.0 Å². The van der Waals surface area contributed by atoms with Gasteiger partial charge in [-0.15, -0.1) is 0 Å². The molecular weight excluding hydrogens is 244 g/mol. The summed E-state index contributed by atoms with van der Waals surface area (Å²) in [5.41, 5.74) is 0.688. The number of carboxylic acids is 1. The van der Waals surface area contributed by atoms with Crippen molar-refractivity contribution in [3.63, 3.8) is 0 Å². The molecule has 0 radical (unpaired) electrons. The number of carboxylic acid groups (broad SMARTS) is 1. The Kier molecular flexibility index (Phi) is 6.22. The first-order chi connectivity index (χ1) is 9.17. The van der Waals surface area contributed by atoms with Gasteiger partial charge in [-0.25, -0.2) is 4.79 Å². The maximum Gasteiger partial charge on any atom is 0.328 e. The van der Waals surface area contributed by atoms with Gasteiger partial charge in [-0.2, -0.15) is 0 Å². The van der Waals surface area contributed by atoms with Gasteiger partial charge >= 0.3 is 5.97 Å². The van der Waals surface area contributed by atoms with E-state index in [0.29, 0.717) is 30.3 Å². The lowest BCUT2D eigenvalue weighted by atomic mass is 10.1. The van der Waals surface area contributed by atoms with Crippen molar-refractivity contribution in [3.05, 3.63) is 42.5 Å². The maximum atomic E-state index is 10.5. The van der Waals surface area contributed by atoms with Crippen LogP contribution in [0.3, 0.4) is 0 Å². The van der Waals surface area contributed by atoms with E-state index < -0.39 is 5.97 Å². The third-order valence-corrected chi connectivity index (χ3v) is 2.22. The quantitative estimate of drug-likeness (QED) is 0.577. The van der Waals surface area contributed by atoms with Gasteiger partial charge in [-0.3, -0.25) is 0 Å². The standard InChI is InChI=1S/C15H18O4/c1-3-9-18-13-7-5-12(6-8-15(16)17)14(11-13)19-10-4-2/h4-8,11H,2-3,9-10H2,1H3,(H,16,17)/b8-6+. The molecular formula is C15H18O4. The molecule has 19 heavy (non-hydrogen) atoms. The Morgan fingerprint density at radius 2 is 2.21 bits per heavy atom. The molecule has 1 aromatic rings. The second-order valence-electron chi connectivity index (χ2n) is 3.82. The predicted molar refractivity (Wildman–Crippen MR) is 74.6 cm³/mol. The zero-order valence-corrected chi connectivity index (χ0v) is 11.0. The minimum atomic E-state index is -0.999. The SMILES string of the molecule is C=CCOc1cc(OCCC)ccc1/C=C/C(=O)O. The van der Waals surface area contributed by atoms with Crippen molar-refractivity contribution in [1.29, 1.82) is 0 Å². The van der Waals surface area contributed by atoms with Crippen LogP contribution in [0.5, 0.6) is 11.5 Å². The van der Waals surface area contributed by atoms with E-state index in [2.05, 4.69) is 6.58 Å². The van der Waals surface area contributed by atoms with E-state index in [4.69, 9.17) is 14.6 Å². The zero-order valence-electron chi connectivity index (χ0n) is 11.0. The first kappa shape index (κ1) is 14.8. The summed E-state index contributed by atoms with van der Waals surface area (Å²) in [5, 5.41) is 8.64. The Bertz CT molecular complexity index is 463. The molecule has 0 aliphatic heterocycles. The first-order valence-corrected chi connectivity index (χ1v) is 6.09. The molecule has 0 aromatic heterocycles. The molecule has 0 spiro atoms. The summed E-state index contributed by atoms with van der Waals surface area (Å²) in [6.07, 6.45) is 5.11. The fourth-order valence-corrected chi connectivity index (χ4v) is 1.40. The average Bonchev–Trinajstić information content (AvgIpc) is 2.41. The second-order valence-corrected chi connectivity index (χ2v) is 3.82. The summed E-state index contributed by atoms with van der Waals surface area (Å²) >= 11 is 0. The van der Waals surface area contributed by atoms with Gasteiger partial charge in [0.25, 0.3) is 0 Å². The Balaban J connectivity index is 2.94. The van der Waals surface area contributed by atoms with Crippen LogP contribution in [0.1, 0.15) is 18.9 Å². The lowest BCUT2D eigenvalue weighted by Gasteiger charge is -2.10. The van der Waals surface area contributed by atoms with Crippen LogP contribution >= 0.6 is 0 Å². The van der Waals surface area contributed by atoms with Crippen LogP contribution in [-0.4, -0.2) is 24.3 Å². The van der Waals surface area contributed by atoms with E-state index in [0.717, 1.165) is 12.5 Å². The van der Waals surface area contributed by atoms with Crippen molar-refractivity contribution in [2.24, 2.45) is 0 Å². The number of hydrogen-bond acceptors (Lipinski definition) is 3. The van der Waals surface area contributed by atoms with Crippen molar-refractivity contribution in [1.82, 2.24) is 0 Å². The van der Waals surface area contributed by atoms with Crippen LogP contribution in [0.4, 0.5) is 0 Å². The summed E-state index contributed by atoms with van der Waals surface area (Å²) in [4.78, 5) is 10.5. The third-order valence-electron chi connectivity index (χ3n) is 2.22. The number of hydrogen-bond donors (Lipinski definition) is 1. The Morgan fingerprint density at radius 1 is 1.42 bits per heavy atom. The molecule has 0 amide bonds. The molecule has 1 aromatic carbocycles. The molecule has 0 heterocycles. The first-order valence-electron chi connectivity index (χ1n) is 6.09. The van der Waals surface area contributed by atoms with Gasteiger partial charge in [0, 0.05) is 17.7 Å². The summed E-state index contributed by atoms with van der Waals surface area (Å²) in [6.45, 7) is 6.59. The smallest absolute Gasteiger partial charge is 0.328 e. The second kappa shape index (κ2) is 7.97. The Labute approximate surface area is 113 Å². The predicted octanol–water partition coefficient (Wildman–Crippen LogP) is 3.14. The van der Waals surface area contributed by atoms with Gasteiger partial charge in [0.15, 0.2) is 0 Å². The number of aliphatic carboxylic acids is 1. The van der Waals surface area contributed by atoms with Crippen molar-refractivity contribution < 1.29 is 19.4 Å². The van der Waals surface area contributed by atoms with Crippen LogP contribution in [0.15, 0.2) is 36.9 Å². The van der Waals surface area contributed by atoms with Gasteiger partial charge in [0.2, 0.25) is 0 Å². The molecule has 0 saturated heterocycles. The molecule has 4 heteroatoms. The number of ether oxygens (including phenoxy) is 2. The van der Waals surface area contributed by atoms with E-state index >= 15 is 0 Å². The third kappa shape index (κ3) is 5.29. The molecule has 0 bridgehead atoms. The fourth-order valence-electron chi connectivity index (χ4n) is 1.40. The molecule has 0 atom stereocenters. The molecule has 102 valence electrons. The lowest BCUT2D eigenvalue weighted by Crippen LogP contribution is -1.99. The van der Waals surface area contributed by atoms with E-state index in [9.17, 15) is 4.79 Å². The molecule has 1 rings (SSSR count). The van der Waals surface area contributed by atoms with Crippen molar-refractivity contribution in [3.8, 4) is 11.5 Å². The van der Waals surface area contributed by atoms with Crippen LogP contribution in [-0.2, 0) is 4.79 Å². The molecule has 0 fully saturated rings. The average molecular weight is 262 g/mol. The minimum Gasteiger partial charge on any atom is -0.493 e. The van der Waals surface area contributed by atoms with E-state index in [1.54, 1.807) is 24.3 Å².